The molecule has 0 spiro atoms. The van der Waals surface area contributed by atoms with E-state index in [0.717, 1.165) is 5.56 Å². The van der Waals surface area contributed by atoms with Crippen LogP contribution in [0.3, 0.4) is 0 Å². The van der Waals surface area contributed by atoms with Gasteiger partial charge in [0.2, 0.25) is 0 Å². The molecule has 0 aliphatic rings. The number of aryl methyl sites for hydroxylation is 1. The highest BCUT2D eigenvalue weighted by molar-refractivity contribution is 6.32. The van der Waals surface area contributed by atoms with Gasteiger partial charge >= 0.3 is 5.97 Å². The van der Waals surface area contributed by atoms with Crippen LogP contribution in [0.5, 0.6) is 11.5 Å². The lowest BCUT2D eigenvalue weighted by atomic mass is 10.2. The Morgan fingerprint density at radius 3 is 2.62 bits per heavy atom. The molecular formula is C17H16ClNO5. The van der Waals surface area contributed by atoms with Gasteiger partial charge in [0.15, 0.2) is 18.1 Å². The van der Waals surface area contributed by atoms with Crippen LogP contribution in [0.4, 0.5) is 5.69 Å². The Kier molecular flexibility index (Phi) is 5.65. The van der Waals surface area contributed by atoms with Gasteiger partial charge in [0.05, 0.1) is 17.7 Å². The van der Waals surface area contributed by atoms with E-state index in [0.29, 0.717) is 5.69 Å². The van der Waals surface area contributed by atoms with Gasteiger partial charge in [-0.2, -0.15) is 0 Å². The van der Waals surface area contributed by atoms with E-state index < -0.39 is 5.97 Å². The van der Waals surface area contributed by atoms with Crippen molar-refractivity contribution >= 4 is 29.2 Å². The zero-order valence-electron chi connectivity index (χ0n) is 13.1. The van der Waals surface area contributed by atoms with Crippen molar-refractivity contribution in [2.45, 2.75) is 6.92 Å². The monoisotopic (exact) mass is 349 g/mol. The van der Waals surface area contributed by atoms with Crippen molar-refractivity contribution in [1.29, 1.82) is 0 Å². The number of rotatable bonds is 6. The number of carbonyl (C=O) groups excluding carboxylic acids is 1. The highest BCUT2D eigenvalue weighted by Crippen LogP contribution is 2.36. The molecule has 2 aromatic rings. The number of amides is 1. The first-order valence-electron chi connectivity index (χ1n) is 7.01. The standard InChI is InChI=1S/C17H16ClNO5/c1-10-4-3-5-12(6-10)19-15(20)9-24-16-13(18)7-11(17(21)22)8-14(16)23-2/h3-8H,9H2,1-2H3,(H,19,20)(H,21,22). The zero-order valence-corrected chi connectivity index (χ0v) is 13.9. The van der Waals surface area contributed by atoms with Crippen LogP contribution in [0.1, 0.15) is 15.9 Å². The Balaban J connectivity index is 2.08. The summed E-state index contributed by atoms with van der Waals surface area (Å²) in [5, 5.41) is 11.8. The summed E-state index contributed by atoms with van der Waals surface area (Å²) in [5.74, 6) is -1.26. The van der Waals surface area contributed by atoms with E-state index in [9.17, 15) is 9.59 Å². The van der Waals surface area contributed by atoms with Gasteiger partial charge in [-0.05, 0) is 36.8 Å². The van der Waals surface area contributed by atoms with E-state index in [1.165, 1.54) is 19.2 Å². The Morgan fingerprint density at radius 1 is 1.25 bits per heavy atom. The van der Waals surface area contributed by atoms with Crippen LogP contribution < -0.4 is 14.8 Å². The molecule has 24 heavy (non-hydrogen) atoms. The van der Waals surface area contributed by atoms with E-state index in [2.05, 4.69) is 5.32 Å². The number of anilines is 1. The summed E-state index contributed by atoms with van der Waals surface area (Å²) >= 11 is 6.02. The van der Waals surface area contributed by atoms with Gasteiger partial charge in [0.25, 0.3) is 5.91 Å². The smallest absolute Gasteiger partial charge is 0.335 e. The minimum Gasteiger partial charge on any atom is -0.493 e. The maximum absolute atomic E-state index is 12.0. The molecule has 0 saturated heterocycles. The number of aromatic carboxylic acids is 1. The number of nitrogens with one attached hydrogen (secondary N) is 1. The van der Waals surface area contributed by atoms with E-state index in [1.807, 2.05) is 25.1 Å². The van der Waals surface area contributed by atoms with E-state index in [-0.39, 0.29) is 34.6 Å². The fourth-order valence-electron chi connectivity index (χ4n) is 2.04. The Labute approximate surface area is 144 Å². The molecule has 0 heterocycles. The first-order valence-corrected chi connectivity index (χ1v) is 7.38. The second-order valence-electron chi connectivity index (χ2n) is 5.00. The van der Waals surface area contributed by atoms with Crippen molar-refractivity contribution in [2.75, 3.05) is 19.0 Å². The molecule has 2 N–H and O–H groups in total. The van der Waals surface area contributed by atoms with Crippen LogP contribution in [0.25, 0.3) is 0 Å². The zero-order chi connectivity index (χ0) is 17.7. The molecule has 0 fully saturated rings. The number of methoxy groups -OCH3 is 1. The SMILES string of the molecule is COc1cc(C(=O)O)cc(Cl)c1OCC(=O)Nc1cccc(C)c1. The normalized spacial score (nSPS) is 10.1. The summed E-state index contributed by atoms with van der Waals surface area (Å²) < 4.78 is 10.5. The number of benzene rings is 2. The van der Waals surface area contributed by atoms with E-state index in [1.54, 1.807) is 6.07 Å². The topological polar surface area (TPSA) is 84.9 Å². The fraction of sp³-hybridized carbons (Fsp3) is 0.176. The van der Waals surface area contributed by atoms with Gasteiger partial charge in [-0.3, -0.25) is 4.79 Å². The average molecular weight is 350 g/mol. The van der Waals surface area contributed by atoms with Crippen molar-refractivity contribution < 1.29 is 24.2 Å². The van der Waals surface area contributed by atoms with Gasteiger partial charge in [0, 0.05) is 5.69 Å². The molecule has 1 amide bonds. The summed E-state index contributed by atoms with van der Waals surface area (Å²) in [5.41, 5.74) is 1.64. The lowest BCUT2D eigenvalue weighted by molar-refractivity contribution is -0.118. The summed E-state index contributed by atoms with van der Waals surface area (Å²) in [4.78, 5) is 23.0. The molecule has 0 unspecified atom stereocenters. The van der Waals surface area contributed by atoms with Gasteiger partial charge < -0.3 is 19.9 Å². The van der Waals surface area contributed by atoms with Gasteiger partial charge in [-0.15, -0.1) is 0 Å². The molecule has 0 atom stereocenters. The Morgan fingerprint density at radius 2 is 2.00 bits per heavy atom. The predicted octanol–water partition coefficient (Wildman–Crippen LogP) is 3.37. The summed E-state index contributed by atoms with van der Waals surface area (Å²) in [6, 6.07) is 9.85. The minimum atomic E-state index is -1.14. The molecule has 2 rings (SSSR count). The fourth-order valence-corrected chi connectivity index (χ4v) is 2.31. The molecule has 0 radical (unpaired) electrons. The lowest BCUT2D eigenvalue weighted by Crippen LogP contribution is -2.20. The van der Waals surface area contributed by atoms with Crippen molar-refractivity contribution in [1.82, 2.24) is 0 Å². The van der Waals surface area contributed by atoms with Crippen LogP contribution in [0, 0.1) is 6.92 Å². The van der Waals surface area contributed by atoms with E-state index in [4.69, 9.17) is 26.2 Å². The molecule has 0 bridgehead atoms. The number of hydrogen-bond donors (Lipinski definition) is 2. The van der Waals surface area contributed by atoms with Gasteiger partial charge in [-0.25, -0.2) is 4.79 Å². The first-order chi connectivity index (χ1) is 11.4. The summed E-state index contributed by atoms with van der Waals surface area (Å²) in [7, 11) is 1.36. The maximum Gasteiger partial charge on any atom is 0.335 e. The van der Waals surface area contributed by atoms with Crippen LogP contribution in [0.15, 0.2) is 36.4 Å². The summed E-state index contributed by atoms with van der Waals surface area (Å²) in [6.07, 6.45) is 0. The second kappa shape index (κ2) is 7.70. The van der Waals surface area contributed by atoms with E-state index >= 15 is 0 Å². The van der Waals surface area contributed by atoms with Crippen LogP contribution in [-0.2, 0) is 4.79 Å². The molecule has 2 aromatic carbocycles. The number of ether oxygens (including phenoxy) is 2. The molecule has 0 saturated carbocycles. The van der Waals surface area contributed by atoms with Crippen molar-refractivity contribution in [3.05, 3.63) is 52.5 Å². The van der Waals surface area contributed by atoms with Crippen molar-refractivity contribution in [3.63, 3.8) is 0 Å². The molecule has 0 aromatic heterocycles. The molecular weight excluding hydrogens is 334 g/mol. The number of carbonyl (C=O) groups is 2. The average Bonchev–Trinajstić information content (AvgIpc) is 2.52. The van der Waals surface area contributed by atoms with Crippen LogP contribution in [0.2, 0.25) is 5.02 Å². The second-order valence-corrected chi connectivity index (χ2v) is 5.41. The molecule has 126 valence electrons. The largest absolute Gasteiger partial charge is 0.493 e. The predicted molar refractivity (Wildman–Crippen MR) is 90.3 cm³/mol. The Bertz CT molecular complexity index is 776. The van der Waals surface area contributed by atoms with Crippen molar-refractivity contribution in [3.8, 4) is 11.5 Å². The maximum atomic E-state index is 12.0. The summed E-state index contributed by atoms with van der Waals surface area (Å²) in [6.45, 7) is 1.62. The quantitative estimate of drug-likeness (QED) is 0.835. The number of carboxylic acids is 1. The number of halogens is 1. The molecule has 6 nitrogen and oxygen atoms in total. The molecule has 7 heteroatoms. The van der Waals surface area contributed by atoms with Crippen LogP contribution in [-0.4, -0.2) is 30.7 Å². The third-order valence-electron chi connectivity index (χ3n) is 3.13. The Hall–Kier alpha value is -2.73. The van der Waals surface area contributed by atoms with Crippen molar-refractivity contribution in [2.24, 2.45) is 0 Å². The molecule has 0 aliphatic heterocycles. The third kappa shape index (κ3) is 4.39. The number of hydrogen-bond acceptors (Lipinski definition) is 4. The highest BCUT2D eigenvalue weighted by atomic mass is 35.5. The van der Waals surface area contributed by atoms with Gasteiger partial charge in [0.1, 0.15) is 0 Å². The van der Waals surface area contributed by atoms with Crippen LogP contribution >= 0.6 is 11.6 Å². The number of carboxylic acid groups (broad SMARTS) is 1. The lowest BCUT2D eigenvalue weighted by Gasteiger charge is -2.13. The first kappa shape index (κ1) is 17.6. The third-order valence-corrected chi connectivity index (χ3v) is 3.41. The van der Waals surface area contributed by atoms with Gasteiger partial charge in [-0.1, -0.05) is 23.7 Å². The minimum absolute atomic E-state index is 0.0339. The molecule has 0 aliphatic carbocycles. The highest BCUT2D eigenvalue weighted by Gasteiger charge is 2.16.